The lowest BCUT2D eigenvalue weighted by molar-refractivity contribution is 0.514. The van der Waals surface area contributed by atoms with E-state index in [9.17, 15) is 0 Å². The highest BCUT2D eigenvalue weighted by atomic mass is 16.4. The molecule has 0 aromatic carbocycles. The molecule has 0 N–H and O–H groups in total. The van der Waals surface area contributed by atoms with Crippen LogP contribution in [0.4, 0.5) is 0 Å². The van der Waals surface area contributed by atoms with E-state index in [2.05, 4.69) is 9.56 Å². The first kappa shape index (κ1) is 3.46. The molecule has 1 aliphatic rings. The lowest BCUT2D eigenvalue weighted by Gasteiger charge is -1.91. The summed E-state index contributed by atoms with van der Waals surface area (Å²) >= 11 is 0. The molecule has 0 amide bonds. The maximum absolute atomic E-state index is 4.57. The number of nitrogens with zero attached hydrogens (tertiary/aromatic N) is 1. The molecule has 0 aromatic heterocycles. The molecule has 0 unspecified atom stereocenters. The first-order chi connectivity index (χ1) is 3.00. The Morgan fingerprint density at radius 3 is 2.83 bits per heavy atom. The Morgan fingerprint density at radius 2 is 2.67 bits per heavy atom. The van der Waals surface area contributed by atoms with Gasteiger partial charge in [-0.15, -0.1) is 0 Å². The second kappa shape index (κ2) is 1.65. The average Bonchev–Trinajstić information content (AvgIpc) is 1.72. The molecule has 0 saturated heterocycles. The Labute approximate surface area is 36.8 Å². The molecule has 0 bridgehead atoms. The maximum Gasteiger partial charge on any atom is 0.541 e. The van der Waals surface area contributed by atoms with Crippen molar-refractivity contribution >= 4 is 13.8 Å². The van der Waals surface area contributed by atoms with Gasteiger partial charge >= 0.3 is 7.62 Å². The lowest BCUT2D eigenvalue weighted by atomic mass is 10.3. The molecule has 2 nitrogen and oxygen atoms in total. The number of rotatable bonds is 0. The zero-order valence-electron chi connectivity index (χ0n) is 3.16. The fourth-order valence-corrected chi connectivity index (χ4v) is 0.236. The first-order valence-electron chi connectivity index (χ1n) is 1.65. The summed E-state index contributed by atoms with van der Waals surface area (Å²) in [6.07, 6.45) is 4.94. The summed E-state index contributed by atoms with van der Waals surface area (Å²) in [4.78, 5) is 3.62. The summed E-state index contributed by atoms with van der Waals surface area (Å²) in [5.41, 5.74) is 0. The van der Waals surface area contributed by atoms with Crippen LogP contribution < -0.4 is 0 Å². The van der Waals surface area contributed by atoms with Gasteiger partial charge in [0.1, 0.15) is 0 Å². The molecule has 0 spiro atoms. The number of hydrogen-bond donors (Lipinski definition) is 0. The molecule has 0 aromatic rings. The van der Waals surface area contributed by atoms with Gasteiger partial charge in [0.25, 0.3) is 0 Å². The van der Waals surface area contributed by atoms with Crippen LogP contribution in [-0.2, 0) is 4.65 Å². The molecule has 1 heterocycles. The van der Waals surface area contributed by atoms with E-state index < -0.39 is 0 Å². The van der Waals surface area contributed by atoms with Crippen molar-refractivity contribution in [3.05, 3.63) is 12.3 Å². The predicted molar refractivity (Wildman–Crippen MR) is 24.5 cm³/mol. The Hall–Kier alpha value is -0.725. The Bertz CT molecular complexity index is 76.8. The summed E-state index contributed by atoms with van der Waals surface area (Å²) < 4.78 is 4.57. The van der Waals surface area contributed by atoms with Gasteiger partial charge in [0.15, 0.2) is 0 Å². The van der Waals surface area contributed by atoms with E-state index in [0.717, 1.165) is 0 Å². The van der Waals surface area contributed by atoms with Crippen LogP contribution in [0.5, 0.6) is 0 Å². The standard InChI is InChI=1S/C3H3BNO/c1-2-5-4-6-3-1/h1-3H. The van der Waals surface area contributed by atoms with Gasteiger partial charge in [-0.2, -0.15) is 0 Å². The molecule has 1 radical (unpaired) electrons. The number of hydrogen-bond acceptors (Lipinski definition) is 2. The van der Waals surface area contributed by atoms with E-state index >= 15 is 0 Å². The summed E-state index contributed by atoms with van der Waals surface area (Å²) in [5.74, 6) is 0. The highest BCUT2D eigenvalue weighted by Gasteiger charge is 1.84. The molecule has 3 heteroatoms. The Morgan fingerprint density at radius 1 is 1.67 bits per heavy atom. The third-order valence-corrected chi connectivity index (χ3v) is 0.451. The predicted octanol–water partition coefficient (Wildman–Crippen LogP) is 0.135. The van der Waals surface area contributed by atoms with Crippen molar-refractivity contribution in [2.75, 3.05) is 0 Å². The van der Waals surface area contributed by atoms with Crippen LogP contribution in [0.3, 0.4) is 0 Å². The molecule has 0 aliphatic carbocycles. The van der Waals surface area contributed by atoms with Crippen molar-refractivity contribution in [2.45, 2.75) is 0 Å². The van der Waals surface area contributed by atoms with E-state index in [1.54, 1.807) is 18.6 Å². The van der Waals surface area contributed by atoms with Crippen molar-refractivity contribution in [1.82, 2.24) is 0 Å². The first-order valence-corrected chi connectivity index (χ1v) is 1.65. The van der Waals surface area contributed by atoms with Crippen LogP contribution >= 0.6 is 0 Å². The van der Waals surface area contributed by atoms with Crippen LogP contribution in [0.25, 0.3) is 0 Å². The molecule has 1 aliphatic heterocycles. The fraction of sp³-hybridized carbons (Fsp3) is 0. The summed E-state index contributed by atoms with van der Waals surface area (Å²) in [6, 6.07) is 0. The monoisotopic (exact) mass is 80.0 g/mol. The van der Waals surface area contributed by atoms with Crippen molar-refractivity contribution < 1.29 is 4.65 Å². The van der Waals surface area contributed by atoms with Gasteiger partial charge in [-0.3, -0.25) is 0 Å². The molecule has 29 valence electrons. The van der Waals surface area contributed by atoms with Crippen LogP contribution in [0, 0.1) is 0 Å². The normalized spacial score (nSPS) is 16.0. The third-order valence-electron chi connectivity index (χ3n) is 0.451. The minimum atomic E-state index is 1.38. The fourth-order valence-electron chi connectivity index (χ4n) is 0.236. The zero-order valence-corrected chi connectivity index (χ0v) is 3.16. The number of allylic oxidation sites excluding steroid dienone is 1. The van der Waals surface area contributed by atoms with Crippen LogP contribution in [0.2, 0.25) is 0 Å². The molecular weight excluding hydrogens is 76.9 g/mol. The van der Waals surface area contributed by atoms with Crippen molar-refractivity contribution in [1.29, 1.82) is 0 Å². The third kappa shape index (κ3) is 0.609. The van der Waals surface area contributed by atoms with Crippen molar-refractivity contribution in [2.24, 2.45) is 4.90 Å². The SMILES string of the molecule is [B]1N=CC=CO1. The van der Waals surface area contributed by atoms with E-state index in [1.807, 2.05) is 0 Å². The van der Waals surface area contributed by atoms with Crippen molar-refractivity contribution in [3.8, 4) is 0 Å². The van der Waals surface area contributed by atoms with E-state index in [0.29, 0.717) is 0 Å². The van der Waals surface area contributed by atoms with Gasteiger partial charge in [0.05, 0.1) is 6.26 Å². The van der Waals surface area contributed by atoms with Gasteiger partial charge in [0.2, 0.25) is 0 Å². The smallest absolute Gasteiger partial charge is 0.541 e. The average molecular weight is 79.9 g/mol. The summed E-state index contributed by atoms with van der Waals surface area (Å²) in [5, 5.41) is 0. The second-order valence-corrected chi connectivity index (χ2v) is 0.868. The Balaban J connectivity index is 2.46. The van der Waals surface area contributed by atoms with Crippen LogP contribution in [-0.4, -0.2) is 13.8 Å². The van der Waals surface area contributed by atoms with E-state index in [1.165, 1.54) is 7.62 Å². The van der Waals surface area contributed by atoms with Crippen LogP contribution in [0.1, 0.15) is 0 Å². The molecule has 0 saturated carbocycles. The van der Waals surface area contributed by atoms with Gasteiger partial charge in [-0.05, 0) is 6.08 Å². The molecular formula is C3H3BNO. The highest BCUT2D eigenvalue weighted by Crippen LogP contribution is 1.78. The Kier molecular flexibility index (Phi) is 0.951. The zero-order chi connectivity index (χ0) is 4.24. The van der Waals surface area contributed by atoms with E-state index in [4.69, 9.17) is 0 Å². The summed E-state index contributed by atoms with van der Waals surface area (Å²) in [7, 11) is 1.38. The maximum atomic E-state index is 4.57. The van der Waals surface area contributed by atoms with E-state index in [-0.39, 0.29) is 0 Å². The van der Waals surface area contributed by atoms with Gasteiger partial charge in [-0.25, -0.2) is 0 Å². The molecule has 1 rings (SSSR count). The van der Waals surface area contributed by atoms with Gasteiger partial charge < -0.3 is 9.56 Å². The second-order valence-electron chi connectivity index (χ2n) is 0.868. The molecule has 0 fully saturated rings. The quantitative estimate of drug-likeness (QED) is 0.379. The van der Waals surface area contributed by atoms with Gasteiger partial charge in [-0.1, -0.05) is 0 Å². The lowest BCUT2D eigenvalue weighted by Crippen LogP contribution is -1.91. The minimum Gasteiger partial charge on any atom is -0.548 e. The highest BCUT2D eigenvalue weighted by molar-refractivity contribution is 6.28. The van der Waals surface area contributed by atoms with Crippen LogP contribution in [0.15, 0.2) is 17.2 Å². The van der Waals surface area contributed by atoms with Crippen molar-refractivity contribution in [3.63, 3.8) is 0 Å². The largest absolute Gasteiger partial charge is 0.548 e. The molecule has 0 atom stereocenters. The summed E-state index contributed by atoms with van der Waals surface area (Å²) in [6.45, 7) is 0. The van der Waals surface area contributed by atoms with Gasteiger partial charge in [0, 0.05) is 6.21 Å². The molecule has 6 heavy (non-hydrogen) atoms. The topological polar surface area (TPSA) is 21.6 Å². The minimum absolute atomic E-state index is 1.38.